The molecular weight excluding hydrogens is 555 g/mol. The summed E-state index contributed by atoms with van der Waals surface area (Å²) >= 11 is 6.26. The fourth-order valence-corrected chi connectivity index (χ4v) is 5.92. The third-order valence-electron chi connectivity index (χ3n) is 7.97. The summed E-state index contributed by atoms with van der Waals surface area (Å²) in [7, 11) is 3.27. The Balaban J connectivity index is 1.36. The lowest BCUT2D eigenvalue weighted by Crippen LogP contribution is -2.51. The first-order valence-corrected chi connectivity index (χ1v) is 13.6. The van der Waals surface area contributed by atoms with Crippen LogP contribution in [-0.2, 0) is 4.79 Å². The first kappa shape index (κ1) is 30.0. The van der Waals surface area contributed by atoms with E-state index < -0.39 is 23.9 Å². The molecule has 2 aromatic rings. The number of amides is 2. The molecule has 4 rings (SSSR count). The van der Waals surface area contributed by atoms with E-state index in [0.29, 0.717) is 43.2 Å². The van der Waals surface area contributed by atoms with Crippen LogP contribution >= 0.6 is 11.6 Å². The van der Waals surface area contributed by atoms with Crippen LogP contribution in [0, 0.1) is 11.8 Å². The Kier molecular flexibility index (Phi) is 8.92. The minimum atomic E-state index is -5.85. The molecule has 2 aliphatic rings. The molecule has 6 nitrogen and oxygen atoms in total. The molecular formula is C28H32ClF5N4O2. The zero-order valence-corrected chi connectivity index (χ0v) is 23.1. The van der Waals surface area contributed by atoms with E-state index in [2.05, 4.69) is 9.88 Å². The fraction of sp³-hybridized carbons (Fsp3) is 0.536. The van der Waals surface area contributed by atoms with Crippen molar-refractivity contribution in [2.24, 2.45) is 11.8 Å². The second kappa shape index (κ2) is 11.9. The van der Waals surface area contributed by atoms with Gasteiger partial charge in [0.1, 0.15) is 16.9 Å². The van der Waals surface area contributed by atoms with Gasteiger partial charge in [-0.25, -0.2) is 4.98 Å². The molecule has 0 bridgehead atoms. The van der Waals surface area contributed by atoms with Crippen LogP contribution in [0.3, 0.4) is 0 Å². The molecule has 2 fully saturated rings. The summed E-state index contributed by atoms with van der Waals surface area (Å²) < 4.78 is 69.0. The Labute approximate surface area is 235 Å². The van der Waals surface area contributed by atoms with Gasteiger partial charge in [0.05, 0.1) is 5.56 Å². The van der Waals surface area contributed by atoms with Crippen LogP contribution in [0.1, 0.15) is 47.5 Å². The van der Waals surface area contributed by atoms with Crippen molar-refractivity contribution in [3.05, 3.63) is 58.7 Å². The highest BCUT2D eigenvalue weighted by atomic mass is 35.5. The predicted molar refractivity (Wildman–Crippen MR) is 142 cm³/mol. The molecule has 0 saturated carbocycles. The number of halogens is 6. The van der Waals surface area contributed by atoms with E-state index in [4.69, 9.17) is 11.6 Å². The first-order valence-electron chi connectivity index (χ1n) is 13.2. The number of anilines is 1. The third-order valence-corrected chi connectivity index (χ3v) is 8.26. The Morgan fingerprint density at radius 1 is 0.900 bits per heavy atom. The number of hydrogen-bond donors (Lipinski definition) is 0. The molecule has 2 saturated heterocycles. The number of piperidine rings is 2. The van der Waals surface area contributed by atoms with E-state index in [-0.39, 0.29) is 35.6 Å². The Morgan fingerprint density at radius 2 is 1.45 bits per heavy atom. The summed E-state index contributed by atoms with van der Waals surface area (Å²) in [5.74, 6) is -7.99. The quantitative estimate of drug-likeness (QED) is 0.314. The van der Waals surface area contributed by atoms with Crippen molar-refractivity contribution in [1.82, 2.24) is 14.8 Å². The lowest BCUT2D eigenvalue weighted by Gasteiger charge is -2.41. The number of alkyl halides is 5. The second-order valence-corrected chi connectivity index (χ2v) is 11.0. The number of likely N-dealkylation sites (tertiary alicyclic amines) is 1. The molecule has 40 heavy (non-hydrogen) atoms. The SMILES string of the molecule is CN(C)C(=O)c1ccc(N2CCC(C3CCN(C(=O)C(c4ccccc4)C(F)(F)C(F)(F)F)CC3)CC2)nc1Cl. The molecule has 1 atom stereocenters. The molecule has 218 valence electrons. The zero-order valence-electron chi connectivity index (χ0n) is 22.3. The van der Waals surface area contributed by atoms with E-state index >= 15 is 0 Å². The molecule has 0 spiro atoms. The number of aromatic nitrogens is 1. The summed E-state index contributed by atoms with van der Waals surface area (Å²) in [6.45, 7) is 1.70. The number of pyridine rings is 1. The van der Waals surface area contributed by atoms with Crippen LogP contribution in [0.2, 0.25) is 5.15 Å². The van der Waals surface area contributed by atoms with Crippen molar-refractivity contribution in [3.63, 3.8) is 0 Å². The van der Waals surface area contributed by atoms with Crippen molar-refractivity contribution in [2.75, 3.05) is 45.2 Å². The van der Waals surface area contributed by atoms with Gasteiger partial charge in [0.25, 0.3) is 5.91 Å². The molecule has 0 N–H and O–H groups in total. The molecule has 1 unspecified atom stereocenters. The molecule has 3 heterocycles. The van der Waals surface area contributed by atoms with Gasteiger partial charge in [0.15, 0.2) is 0 Å². The highest BCUT2D eigenvalue weighted by Gasteiger charge is 2.65. The van der Waals surface area contributed by atoms with E-state index in [1.807, 2.05) is 0 Å². The summed E-state index contributed by atoms with van der Waals surface area (Å²) in [6.07, 6.45) is -3.08. The Morgan fingerprint density at radius 3 is 1.95 bits per heavy atom. The van der Waals surface area contributed by atoms with Gasteiger partial charge in [-0.3, -0.25) is 9.59 Å². The molecule has 1 aromatic carbocycles. The number of carbonyl (C=O) groups is 2. The maximum atomic E-state index is 14.5. The summed E-state index contributed by atoms with van der Waals surface area (Å²) in [6, 6.07) is 9.91. The average Bonchev–Trinajstić information content (AvgIpc) is 2.92. The van der Waals surface area contributed by atoms with Crippen molar-refractivity contribution in [3.8, 4) is 0 Å². The maximum Gasteiger partial charge on any atom is 0.454 e. The molecule has 0 aliphatic carbocycles. The van der Waals surface area contributed by atoms with E-state index in [1.54, 1.807) is 26.2 Å². The van der Waals surface area contributed by atoms with Crippen LogP contribution in [0.5, 0.6) is 0 Å². The molecule has 1 aromatic heterocycles. The average molecular weight is 587 g/mol. The highest BCUT2D eigenvalue weighted by molar-refractivity contribution is 6.32. The van der Waals surface area contributed by atoms with E-state index in [9.17, 15) is 31.5 Å². The van der Waals surface area contributed by atoms with Gasteiger partial charge in [-0.05, 0) is 55.2 Å². The van der Waals surface area contributed by atoms with Crippen LogP contribution in [0.15, 0.2) is 42.5 Å². The van der Waals surface area contributed by atoms with Gasteiger partial charge < -0.3 is 14.7 Å². The number of benzene rings is 1. The molecule has 2 amide bonds. The summed E-state index contributed by atoms with van der Waals surface area (Å²) in [4.78, 5) is 34.4. The van der Waals surface area contributed by atoms with Gasteiger partial charge in [0.2, 0.25) is 5.91 Å². The van der Waals surface area contributed by atoms with Crippen LogP contribution in [0.25, 0.3) is 0 Å². The minimum absolute atomic E-state index is 0.138. The zero-order chi connectivity index (χ0) is 29.2. The van der Waals surface area contributed by atoms with Gasteiger partial charge in [-0.2, -0.15) is 22.0 Å². The number of nitrogens with zero attached hydrogens (tertiary/aromatic N) is 4. The Bertz CT molecular complexity index is 1190. The number of rotatable bonds is 6. The standard InChI is InChI=1S/C28H32ClF5N4O2/c1-36(2)25(39)21-8-9-22(35-24(21)29)37-14-10-18(11-15-37)19-12-16-38(17-13-19)26(40)23(20-6-4-3-5-7-20)27(30,31)28(32,33)34/h3-9,18-19,23H,10-17H2,1-2H3. The van der Waals surface area contributed by atoms with Crippen LogP contribution < -0.4 is 4.90 Å². The monoisotopic (exact) mass is 586 g/mol. The lowest BCUT2D eigenvalue weighted by atomic mass is 9.78. The van der Waals surface area contributed by atoms with Crippen molar-refractivity contribution in [1.29, 1.82) is 0 Å². The van der Waals surface area contributed by atoms with Crippen molar-refractivity contribution in [2.45, 2.75) is 43.7 Å². The molecule has 2 aliphatic heterocycles. The smallest absolute Gasteiger partial charge is 0.357 e. The number of carbonyl (C=O) groups excluding carboxylic acids is 2. The topological polar surface area (TPSA) is 56.8 Å². The van der Waals surface area contributed by atoms with E-state index in [1.165, 1.54) is 23.1 Å². The van der Waals surface area contributed by atoms with Crippen molar-refractivity contribution < 1.29 is 31.5 Å². The minimum Gasteiger partial charge on any atom is -0.357 e. The Hall–Kier alpha value is -2.95. The van der Waals surface area contributed by atoms with Crippen LogP contribution in [0.4, 0.5) is 27.8 Å². The van der Waals surface area contributed by atoms with Gasteiger partial charge in [0, 0.05) is 40.3 Å². The lowest BCUT2D eigenvalue weighted by molar-refractivity contribution is -0.289. The normalized spacial score (nSPS) is 18.5. The van der Waals surface area contributed by atoms with Gasteiger partial charge >= 0.3 is 12.1 Å². The number of hydrogen-bond acceptors (Lipinski definition) is 4. The summed E-state index contributed by atoms with van der Waals surface area (Å²) in [5.41, 5.74) is -0.0220. The molecule has 12 heteroatoms. The van der Waals surface area contributed by atoms with Crippen LogP contribution in [-0.4, -0.2) is 79.0 Å². The van der Waals surface area contributed by atoms with Crippen molar-refractivity contribution >= 4 is 29.2 Å². The van der Waals surface area contributed by atoms with E-state index in [0.717, 1.165) is 29.9 Å². The fourth-order valence-electron chi connectivity index (χ4n) is 5.69. The third kappa shape index (κ3) is 6.19. The first-order chi connectivity index (χ1) is 18.8. The maximum absolute atomic E-state index is 14.5. The predicted octanol–water partition coefficient (Wildman–Crippen LogP) is 5.87. The second-order valence-electron chi connectivity index (χ2n) is 10.7. The largest absolute Gasteiger partial charge is 0.454 e. The molecule has 0 radical (unpaired) electrons. The van der Waals surface area contributed by atoms with Gasteiger partial charge in [-0.15, -0.1) is 0 Å². The summed E-state index contributed by atoms with van der Waals surface area (Å²) in [5, 5.41) is 0.139. The highest BCUT2D eigenvalue weighted by Crippen LogP contribution is 2.47. The van der Waals surface area contributed by atoms with Gasteiger partial charge in [-0.1, -0.05) is 41.9 Å².